The lowest BCUT2D eigenvalue weighted by Gasteiger charge is -2.36. The van der Waals surface area contributed by atoms with Crippen LogP contribution in [0.15, 0.2) is 36.0 Å². The first-order valence-electron chi connectivity index (χ1n) is 9.17. The number of carbonyl (C=O) groups is 1. The first kappa shape index (κ1) is 15.8. The minimum Gasteiger partial charge on any atom is -0.356 e. The number of hydrogen-bond donors (Lipinski definition) is 0. The zero-order chi connectivity index (χ0) is 17.5. The Bertz CT molecular complexity index is 948. The van der Waals surface area contributed by atoms with Gasteiger partial charge in [-0.25, -0.2) is 9.50 Å². The molecule has 3 aromatic rings. The smallest absolute Gasteiger partial charge is 0.227 e. The normalized spacial score (nSPS) is 20.4. The molecular formula is C19H21N5OS. The fourth-order valence-corrected chi connectivity index (χ4v) is 4.95. The standard InChI is InChI=1S/C19H21N5OS/c25-19(23-9-4-16-14(12-23)6-11-26-16)15-2-1-8-22(13-15)17-5-10-24-18(21-17)3-7-20-24/h3,5-7,10-11,15H,1-2,4,8-9,12-13H2. The number of thiophene rings is 1. The molecule has 3 aromatic heterocycles. The van der Waals surface area contributed by atoms with Crippen LogP contribution < -0.4 is 4.90 Å². The Balaban J connectivity index is 1.31. The fraction of sp³-hybridized carbons (Fsp3) is 0.421. The van der Waals surface area contributed by atoms with E-state index >= 15 is 0 Å². The van der Waals surface area contributed by atoms with Gasteiger partial charge in [0.15, 0.2) is 5.65 Å². The van der Waals surface area contributed by atoms with E-state index in [0.29, 0.717) is 5.91 Å². The third-order valence-electron chi connectivity index (χ3n) is 5.46. The topological polar surface area (TPSA) is 53.7 Å². The molecule has 6 nitrogen and oxygen atoms in total. The molecule has 134 valence electrons. The van der Waals surface area contributed by atoms with Crippen LogP contribution in [-0.4, -0.2) is 45.0 Å². The molecule has 0 spiro atoms. The summed E-state index contributed by atoms with van der Waals surface area (Å²) < 4.78 is 1.77. The quantitative estimate of drug-likeness (QED) is 0.699. The summed E-state index contributed by atoms with van der Waals surface area (Å²) >= 11 is 1.81. The molecule has 1 saturated heterocycles. The molecule has 1 amide bonds. The van der Waals surface area contributed by atoms with Crippen LogP contribution in [-0.2, 0) is 17.8 Å². The van der Waals surface area contributed by atoms with E-state index in [1.54, 1.807) is 10.7 Å². The summed E-state index contributed by atoms with van der Waals surface area (Å²) in [6, 6.07) is 6.06. The third-order valence-corrected chi connectivity index (χ3v) is 6.48. The number of aromatic nitrogens is 3. The van der Waals surface area contributed by atoms with Crippen molar-refractivity contribution < 1.29 is 4.79 Å². The summed E-state index contributed by atoms with van der Waals surface area (Å²) in [6.45, 7) is 3.33. The highest BCUT2D eigenvalue weighted by atomic mass is 32.1. The van der Waals surface area contributed by atoms with Crippen molar-refractivity contribution in [3.63, 3.8) is 0 Å². The lowest BCUT2D eigenvalue weighted by atomic mass is 9.95. The second kappa shape index (κ2) is 6.39. The van der Waals surface area contributed by atoms with Gasteiger partial charge in [-0.05, 0) is 42.3 Å². The molecule has 0 aromatic carbocycles. The molecule has 0 N–H and O–H groups in total. The molecule has 2 aliphatic rings. The minimum absolute atomic E-state index is 0.0619. The SMILES string of the molecule is O=C(C1CCCN(c2ccn3nccc3n2)C1)N1CCc2sccc2C1. The molecule has 0 bridgehead atoms. The molecule has 26 heavy (non-hydrogen) atoms. The van der Waals surface area contributed by atoms with Crippen LogP contribution in [0.4, 0.5) is 5.82 Å². The highest BCUT2D eigenvalue weighted by Gasteiger charge is 2.31. The maximum absolute atomic E-state index is 13.1. The van der Waals surface area contributed by atoms with Gasteiger partial charge in [0.2, 0.25) is 5.91 Å². The van der Waals surface area contributed by atoms with Crippen molar-refractivity contribution in [2.75, 3.05) is 24.5 Å². The minimum atomic E-state index is 0.0619. The van der Waals surface area contributed by atoms with E-state index in [1.807, 2.05) is 29.7 Å². The average molecular weight is 367 g/mol. The first-order valence-corrected chi connectivity index (χ1v) is 10.1. The van der Waals surface area contributed by atoms with Crippen LogP contribution in [0.1, 0.15) is 23.3 Å². The van der Waals surface area contributed by atoms with Gasteiger partial charge in [0, 0.05) is 43.3 Å². The molecule has 0 saturated carbocycles. The number of rotatable bonds is 2. The number of piperidine rings is 1. The summed E-state index contributed by atoms with van der Waals surface area (Å²) in [5, 5.41) is 6.34. The molecular weight excluding hydrogens is 346 g/mol. The third kappa shape index (κ3) is 2.76. The van der Waals surface area contributed by atoms with E-state index in [9.17, 15) is 4.79 Å². The predicted molar refractivity (Wildman–Crippen MR) is 101 cm³/mol. The Morgan fingerprint density at radius 2 is 2.19 bits per heavy atom. The van der Waals surface area contributed by atoms with Crippen molar-refractivity contribution in [2.45, 2.75) is 25.8 Å². The van der Waals surface area contributed by atoms with Gasteiger partial charge in [-0.3, -0.25) is 4.79 Å². The second-order valence-electron chi connectivity index (χ2n) is 7.08. The van der Waals surface area contributed by atoms with Crippen molar-refractivity contribution in [1.29, 1.82) is 0 Å². The molecule has 5 heterocycles. The molecule has 0 radical (unpaired) electrons. The largest absolute Gasteiger partial charge is 0.356 e. The Kier molecular flexibility index (Phi) is 3.89. The van der Waals surface area contributed by atoms with Gasteiger partial charge in [-0.2, -0.15) is 5.10 Å². The molecule has 1 atom stereocenters. The number of nitrogens with zero attached hydrogens (tertiary/aromatic N) is 5. The van der Waals surface area contributed by atoms with E-state index in [1.165, 1.54) is 10.4 Å². The maximum atomic E-state index is 13.1. The molecule has 1 fully saturated rings. The molecule has 2 aliphatic heterocycles. The van der Waals surface area contributed by atoms with E-state index in [2.05, 4.69) is 26.3 Å². The number of anilines is 1. The van der Waals surface area contributed by atoms with E-state index in [4.69, 9.17) is 4.98 Å². The maximum Gasteiger partial charge on any atom is 0.227 e. The summed E-state index contributed by atoms with van der Waals surface area (Å²) in [5.74, 6) is 1.30. The highest BCUT2D eigenvalue weighted by Crippen LogP contribution is 2.28. The summed E-state index contributed by atoms with van der Waals surface area (Å²) in [4.78, 5) is 23.5. The highest BCUT2D eigenvalue weighted by molar-refractivity contribution is 7.10. The zero-order valence-corrected chi connectivity index (χ0v) is 15.4. The number of fused-ring (bicyclic) bond motifs is 2. The molecule has 0 aliphatic carbocycles. The van der Waals surface area contributed by atoms with Gasteiger partial charge >= 0.3 is 0 Å². The summed E-state index contributed by atoms with van der Waals surface area (Å²) in [7, 11) is 0. The predicted octanol–water partition coefficient (Wildman–Crippen LogP) is 2.59. The van der Waals surface area contributed by atoms with E-state index < -0.39 is 0 Å². The Labute approximate surface area is 156 Å². The van der Waals surface area contributed by atoms with Crippen LogP contribution in [0.5, 0.6) is 0 Å². The number of amides is 1. The lowest BCUT2D eigenvalue weighted by Crippen LogP contribution is -2.46. The van der Waals surface area contributed by atoms with Gasteiger partial charge < -0.3 is 9.80 Å². The van der Waals surface area contributed by atoms with Crippen LogP contribution in [0.25, 0.3) is 5.65 Å². The Morgan fingerprint density at radius 1 is 1.23 bits per heavy atom. The lowest BCUT2D eigenvalue weighted by molar-refractivity contribution is -0.136. The second-order valence-corrected chi connectivity index (χ2v) is 8.08. The number of carbonyl (C=O) groups excluding carboxylic acids is 1. The van der Waals surface area contributed by atoms with Gasteiger partial charge in [0.05, 0.1) is 12.1 Å². The van der Waals surface area contributed by atoms with Crippen molar-refractivity contribution in [3.8, 4) is 0 Å². The van der Waals surface area contributed by atoms with Crippen molar-refractivity contribution in [1.82, 2.24) is 19.5 Å². The van der Waals surface area contributed by atoms with Crippen LogP contribution in [0, 0.1) is 5.92 Å². The van der Waals surface area contributed by atoms with Gasteiger partial charge in [-0.1, -0.05) is 0 Å². The van der Waals surface area contributed by atoms with Crippen molar-refractivity contribution >= 4 is 28.7 Å². The summed E-state index contributed by atoms with van der Waals surface area (Å²) in [5.41, 5.74) is 2.17. The molecule has 1 unspecified atom stereocenters. The van der Waals surface area contributed by atoms with Crippen LogP contribution in [0.3, 0.4) is 0 Å². The average Bonchev–Trinajstić information content (AvgIpc) is 3.35. The summed E-state index contributed by atoms with van der Waals surface area (Å²) in [6.07, 6.45) is 6.68. The fourth-order valence-electron chi connectivity index (χ4n) is 4.06. The monoisotopic (exact) mass is 367 g/mol. The molecule has 5 rings (SSSR count). The van der Waals surface area contributed by atoms with Crippen LogP contribution >= 0.6 is 11.3 Å². The van der Waals surface area contributed by atoms with E-state index in [-0.39, 0.29) is 5.92 Å². The van der Waals surface area contributed by atoms with Gasteiger partial charge in [0.25, 0.3) is 0 Å². The van der Waals surface area contributed by atoms with Crippen LogP contribution in [0.2, 0.25) is 0 Å². The van der Waals surface area contributed by atoms with E-state index in [0.717, 1.165) is 56.9 Å². The Hall–Kier alpha value is -2.41. The number of hydrogen-bond acceptors (Lipinski definition) is 5. The van der Waals surface area contributed by atoms with Crippen molar-refractivity contribution in [2.24, 2.45) is 5.92 Å². The first-order chi connectivity index (χ1) is 12.8. The van der Waals surface area contributed by atoms with Gasteiger partial charge in [-0.15, -0.1) is 11.3 Å². The van der Waals surface area contributed by atoms with Gasteiger partial charge in [0.1, 0.15) is 5.82 Å². The van der Waals surface area contributed by atoms with Crippen molar-refractivity contribution in [3.05, 3.63) is 46.4 Å². The zero-order valence-electron chi connectivity index (χ0n) is 14.5. The Morgan fingerprint density at radius 3 is 3.15 bits per heavy atom. The molecule has 7 heteroatoms.